The van der Waals surface area contributed by atoms with Gasteiger partial charge >= 0.3 is 18.4 Å². The Kier molecular flexibility index (Phi) is 9.95. The maximum absolute atomic E-state index is 13.5. The summed E-state index contributed by atoms with van der Waals surface area (Å²) >= 11 is 0. The Morgan fingerprint density at radius 1 is 0.936 bits per heavy atom. The molecule has 0 bridgehead atoms. The third-order valence-corrected chi connectivity index (χ3v) is 7.42. The van der Waals surface area contributed by atoms with Crippen molar-refractivity contribution in [1.29, 1.82) is 0 Å². The van der Waals surface area contributed by atoms with Crippen molar-refractivity contribution in [2.45, 2.75) is 70.1 Å². The maximum atomic E-state index is 13.5. The molecule has 0 saturated carbocycles. The number of Topliss-reactive ketones (excluding diaryl/α,β-unsaturated/α-hetero) is 1. The van der Waals surface area contributed by atoms with E-state index in [9.17, 15) is 45.8 Å². The van der Waals surface area contributed by atoms with Crippen LogP contribution >= 0.6 is 0 Å². The molecule has 0 aromatic heterocycles. The van der Waals surface area contributed by atoms with Crippen LogP contribution < -0.4 is 14.8 Å². The molecule has 47 heavy (non-hydrogen) atoms. The van der Waals surface area contributed by atoms with Gasteiger partial charge in [0.25, 0.3) is 5.60 Å². The van der Waals surface area contributed by atoms with Gasteiger partial charge in [0.05, 0.1) is 12.1 Å². The molecule has 8 nitrogen and oxygen atoms in total. The summed E-state index contributed by atoms with van der Waals surface area (Å²) in [6.45, 7) is 4.39. The van der Waals surface area contributed by atoms with Gasteiger partial charge < -0.3 is 19.9 Å². The molecule has 252 valence electrons. The lowest BCUT2D eigenvalue weighted by Gasteiger charge is -2.36. The number of benzene rings is 3. The number of hydrogen-bond donors (Lipinski definition) is 2. The van der Waals surface area contributed by atoms with E-state index in [2.05, 4.69) is 5.32 Å². The molecule has 1 aliphatic rings. The van der Waals surface area contributed by atoms with Crippen LogP contribution in [0.1, 0.15) is 60.7 Å². The molecule has 1 aliphatic heterocycles. The standard InChI is InChI=1S/C33H32F6N2O6/c1-4-8-21-15-22(31(45,32(34,35)36)33(37,38)39)11-14-26(21)47-23-12-13-24(27(16-23)46-19-20-9-6-5-7-10-20)25(42)18-41-28(43)17-30(2,3)40-29(41)44/h5-7,9-16,45H,4,8,17-19H2,1-3H3,(H,40,44). The predicted molar refractivity (Wildman–Crippen MR) is 157 cm³/mol. The number of carbonyl (C=O) groups is 3. The number of halogens is 6. The summed E-state index contributed by atoms with van der Waals surface area (Å²) in [4.78, 5) is 39.4. The minimum Gasteiger partial charge on any atom is -0.488 e. The summed E-state index contributed by atoms with van der Waals surface area (Å²) in [6, 6.07) is 14.1. The first-order chi connectivity index (χ1) is 21.9. The Balaban J connectivity index is 1.68. The first kappa shape index (κ1) is 35.3. The summed E-state index contributed by atoms with van der Waals surface area (Å²) in [7, 11) is 0. The number of ketones is 1. The number of imide groups is 1. The van der Waals surface area contributed by atoms with Crippen LogP contribution in [0.4, 0.5) is 31.1 Å². The minimum atomic E-state index is -6.06. The monoisotopic (exact) mass is 666 g/mol. The molecule has 0 unspecified atom stereocenters. The van der Waals surface area contributed by atoms with Crippen molar-refractivity contribution in [3.8, 4) is 17.2 Å². The van der Waals surface area contributed by atoms with Crippen LogP contribution in [0.5, 0.6) is 17.2 Å². The highest BCUT2D eigenvalue weighted by atomic mass is 19.4. The van der Waals surface area contributed by atoms with Crippen LogP contribution in [-0.4, -0.2) is 52.2 Å². The molecular formula is C33H32F6N2O6. The summed E-state index contributed by atoms with van der Waals surface area (Å²) in [5.41, 5.74) is -6.63. The predicted octanol–water partition coefficient (Wildman–Crippen LogP) is 7.23. The number of aryl methyl sites for hydroxylation is 1. The number of rotatable bonds is 11. The molecule has 0 atom stereocenters. The Labute approximate surface area is 266 Å². The Morgan fingerprint density at radius 2 is 1.60 bits per heavy atom. The lowest BCUT2D eigenvalue weighted by atomic mass is 9.90. The van der Waals surface area contributed by atoms with Crippen LogP contribution in [0.3, 0.4) is 0 Å². The highest BCUT2D eigenvalue weighted by Crippen LogP contribution is 2.50. The molecule has 2 N–H and O–H groups in total. The molecule has 1 fully saturated rings. The maximum Gasteiger partial charge on any atom is 0.430 e. The second-order valence-electron chi connectivity index (χ2n) is 11.7. The Bertz CT molecular complexity index is 1600. The number of alkyl halides is 6. The van der Waals surface area contributed by atoms with Crippen molar-refractivity contribution in [2.75, 3.05) is 6.54 Å². The van der Waals surface area contributed by atoms with Crippen molar-refractivity contribution in [3.05, 3.63) is 89.0 Å². The van der Waals surface area contributed by atoms with Crippen molar-refractivity contribution in [3.63, 3.8) is 0 Å². The van der Waals surface area contributed by atoms with Gasteiger partial charge in [0.2, 0.25) is 5.91 Å². The zero-order chi connectivity index (χ0) is 34.8. The third-order valence-electron chi connectivity index (χ3n) is 7.42. The van der Waals surface area contributed by atoms with Crippen LogP contribution in [0.25, 0.3) is 0 Å². The van der Waals surface area contributed by atoms with Crippen LogP contribution in [0, 0.1) is 0 Å². The molecule has 3 amide bonds. The number of carbonyl (C=O) groups excluding carboxylic acids is 3. The van der Waals surface area contributed by atoms with Gasteiger partial charge in [-0.3, -0.25) is 14.5 Å². The lowest BCUT2D eigenvalue weighted by Crippen LogP contribution is -2.60. The second kappa shape index (κ2) is 13.3. The molecule has 14 heteroatoms. The van der Waals surface area contributed by atoms with Crippen LogP contribution in [-0.2, 0) is 23.4 Å². The van der Waals surface area contributed by atoms with Crippen molar-refractivity contribution in [2.24, 2.45) is 0 Å². The van der Waals surface area contributed by atoms with E-state index >= 15 is 0 Å². The van der Waals surface area contributed by atoms with E-state index < -0.39 is 53.3 Å². The number of nitrogens with zero attached hydrogens (tertiary/aromatic N) is 1. The molecule has 0 aliphatic carbocycles. The van der Waals surface area contributed by atoms with Gasteiger partial charge in [0.15, 0.2) is 5.78 Å². The van der Waals surface area contributed by atoms with Crippen LogP contribution in [0.15, 0.2) is 66.7 Å². The van der Waals surface area contributed by atoms with E-state index in [1.54, 1.807) is 51.1 Å². The first-order valence-electron chi connectivity index (χ1n) is 14.5. The Morgan fingerprint density at radius 3 is 2.19 bits per heavy atom. The number of ether oxygens (including phenoxy) is 2. The first-order valence-corrected chi connectivity index (χ1v) is 14.5. The quantitative estimate of drug-likeness (QED) is 0.165. The van der Waals surface area contributed by atoms with Gasteiger partial charge in [-0.05, 0) is 55.7 Å². The molecule has 0 radical (unpaired) electrons. The summed E-state index contributed by atoms with van der Waals surface area (Å²) in [5, 5.41) is 12.5. The fourth-order valence-corrected chi connectivity index (χ4v) is 5.01. The SMILES string of the molecule is CCCc1cc(C(O)(C(F)(F)F)C(F)(F)F)ccc1Oc1ccc(C(=O)CN2C(=O)CC(C)(C)NC2=O)c(OCc2ccccc2)c1. The van der Waals surface area contributed by atoms with Gasteiger partial charge in [-0.15, -0.1) is 0 Å². The highest BCUT2D eigenvalue weighted by Gasteiger charge is 2.71. The molecule has 3 aromatic carbocycles. The number of amides is 3. The van der Waals surface area contributed by atoms with Gasteiger partial charge in [-0.2, -0.15) is 26.3 Å². The highest BCUT2D eigenvalue weighted by molar-refractivity contribution is 6.06. The molecular weight excluding hydrogens is 634 g/mol. The van der Waals surface area contributed by atoms with Gasteiger partial charge in [0.1, 0.15) is 23.9 Å². The van der Waals surface area contributed by atoms with E-state index in [1.807, 2.05) is 0 Å². The number of hydrogen-bond acceptors (Lipinski definition) is 6. The topological polar surface area (TPSA) is 105 Å². The number of nitrogens with one attached hydrogen (secondary N) is 1. The molecule has 1 saturated heterocycles. The summed E-state index contributed by atoms with van der Waals surface area (Å²) in [5.74, 6) is -1.27. The van der Waals surface area contributed by atoms with E-state index in [0.29, 0.717) is 18.6 Å². The van der Waals surface area contributed by atoms with Crippen molar-refractivity contribution >= 4 is 17.7 Å². The fourth-order valence-electron chi connectivity index (χ4n) is 5.01. The van der Waals surface area contributed by atoms with Crippen molar-refractivity contribution < 1.29 is 55.3 Å². The second-order valence-corrected chi connectivity index (χ2v) is 11.7. The largest absolute Gasteiger partial charge is 0.488 e. The third kappa shape index (κ3) is 7.70. The number of aliphatic hydroxyl groups is 1. The van der Waals surface area contributed by atoms with E-state index in [1.165, 1.54) is 18.2 Å². The fraction of sp³-hybridized carbons (Fsp3) is 0.364. The lowest BCUT2D eigenvalue weighted by molar-refractivity contribution is -0.376. The van der Waals surface area contributed by atoms with E-state index in [0.717, 1.165) is 16.5 Å². The number of urea groups is 1. The molecule has 4 rings (SSSR count). The average Bonchev–Trinajstić information content (AvgIpc) is 2.97. The zero-order valence-corrected chi connectivity index (χ0v) is 25.6. The summed E-state index contributed by atoms with van der Waals surface area (Å²) in [6.07, 6.45) is -11.8. The molecule has 0 spiro atoms. The van der Waals surface area contributed by atoms with E-state index in [4.69, 9.17) is 9.47 Å². The zero-order valence-electron chi connectivity index (χ0n) is 25.6. The average molecular weight is 667 g/mol. The minimum absolute atomic E-state index is 0.00559. The molecule has 1 heterocycles. The van der Waals surface area contributed by atoms with E-state index in [-0.39, 0.29) is 47.8 Å². The van der Waals surface area contributed by atoms with Crippen LogP contribution in [0.2, 0.25) is 0 Å². The normalized spacial score (nSPS) is 15.3. The van der Waals surface area contributed by atoms with Crippen molar-refractivity contribution in [1.82, 2.24) is 10.2 Å². The Hall–Kier alpha value is -4.59. The molecule has 3 aromatic rings. The van der Waals surface area contributed by atoms with Gasteiger partial charge in [-0.25, -0.2) is 4.79 Å². The van der Waals surface area contributed by atoms with Gasteiger partial charge in [0, 0.05) is 23.6 Å². The van der Waals surface area contributed by atoms with Gasteiger partial charge in [-0.1, -0.05) is 49.7 Å². The smallest absolute Gasteiger partial charge is 0.430 e. The summed E-state index contributed by atoms with van der Waals surface area (Å²) < 4.78 is 93.0.